The van der Waals surface area contributed by atoms with Crippen molar-refractivity contribution in [2.45, 2.75) is 5.91 Å². The summed E-state index contributed by atoms with van der Waals surface area (Å²) in [6.07, 6.45) is 0.447. The van der Waals surface area contributed by atoms with E-state index in [1.165, 1.54) is 15.9 Å². The lowest BCUT2D eigenvalue weighted by Crippen LogP contribution is -2.39. The molecule has 0 saturated heterocycles. The Hall–Kier alpha value is -2.95. The van der Waals surface area contributed by atoms with Crippen LogP contribution in [-0.2, 0) is 9.47 Å². The predicted molar refractivity (Wildman–Crippen MR) is 142 cm³/mol. The van der Waals surface area contributed by atoms with Crippen LogP contribution < -0.4 is 26.0 Å². The highest BCUT2D eigenvalue weighted by Crippen LogP contribution is 2.56. The molecule has 0 aliphatic carbocycles. The number of hydrogen-bond acceptors (Lipinski definition) is 4. The molecule has 172 valence electrons. The summed E-state index contributed by atoms with van der Waals surface area (Å²) in [6, 6.07) is 37.0. The van der Waals surface area contributed by atoms with E-state index in [0.717, 1.165) is 11.1 Å². The van der Waals surface area contributed by atoms with E-state index in [1.807, 2.05) is 30.3 Å². The molecule has 0 bridgehead atoms. The van der Waals surface area contributed by atoms with Gasteiger partial charge in [-0.05, 0) is 48.5 Å². The highest BCUT2D eigenvalue weighted by Gasteiger charge is 2.50. The van der Waals surface area contributed by atoms with Crippen molar-refractivity contribution < 1.29 is 19.3 Å². The summed E-state index contributed by atoms with van der Waals surface area (Å²) in [4.78, 5) is 0. The number of rotatable bonds is 10. The molecule has 2 radical (unpaired) electrons. The second-order valence-corrected chi connectivity index (χ2v) is 12.2. The number of phenols is 1. The van der Waals surface area contributed by atoms with E-state index in [1.54, 1.807) is 20.3 Å². The molecule has 0 aliphatic rings. The maximum absolute atomic E-state index is 10.7. The summed E-state index contributed by atoms with van der Waals surface area (Å²) in [6.45, 7) is 0. The molecular formula is C28H28O4PSi+. The first-order valence-electron chi connectivity index (χ1n) is 11.0. The topological polar surface area (TPSA) is 47.9 Å². The van der Waals surface area contributed by atoms with Crippen molar-refractivity contribution in [3.8, 4) is 11.5 Å². The standard InChI is InChI=1S/C28H27O4PSi/c1-30-28(31-2)34-21-32-26-19-18-22(29)20-27(26)33(23-12-6-3-7-13-23,24-14-8-4-9-15-24)25-16-10-5-11-17-25/h3-20,28H,21H2,1-2H3/p+1. The van der Waals surface area contributed by atoms with E-state index in [0.29, 0.717) is 15.7 Å². The summed E-state index contributed by atoms with van der Waals surface area (Å²) < 4.78 is 17.0. The summed E-state index contributed by atoms with van der Waals surface area (Å²) in [5.74, 6) is 0.655. The summed E-state index contributed by atoms with van der Waals surface area (Å²) in [5.41, 5.74) is 0. The van der Waals surface area contributed by atoms with Crippen LogP contribution in [0.4, 0.5) is 0 Å². The quantitative estimate of drug-likeness (QED) is 0.211. The van der Waals surface area contributed by atoms with Crippen LogP contribution in [0.1, 0.15) is 0 Å². The lowest BCUT2D eigenvalue weighted by molar-refractivity contribution is -0.0450. The van der Waals surface area contributed by atoms with E-state index in [9.17, 15) is 5.11 Å². The lowest BCUT2D eigenvalue weighted by atomic mass is 10.3. The monoisotopic (exact) mass is 487 g/mol. The summed E-state index contributed by atoms with van der Waals surface area (Å²) in [7, 11) is 1.17. The van der Waals surface area contributed by atoms with E-state index >= 15 is 0 Å². The van der Waals surface area contributed by atoms with Crippen molar-refractivity contribution in [2.24, 2.45) is 0 Å². The van der Waals surface area contributed by atoms with Crippen LogP contribution in [0.3, 0.4) is 0 Å². The first-order chi connectivity index (χ1) is 16.7. The van der Waals surface area contributed by atoms with E-state index in [-0.39, 0.29) is 11.7 Å². The highest BCUT2D eigenvalue weighted by molar-refractivity contribution is 8.01. The fraction of sp³-hybridized carbons (Fsp3) is 0.143. The van der Waals surface area contributed by atoms with Crippen LogP contribution >= 0.6 is 7.26 Å². The van der Waals surface area contributed by atoms with Crippen LogP contribution in [0, 0.1) is 0 Å². The molecule has 6 heteroatoms. The van der Waals surface area contributed by atoms with Crippen molar-refractivity contribution >= 4 is 38.0 Å². The molecule has 0 aliphatic heterocycles. The fourth-order valence-electron chi connectivity index (χ4n) is 4.16. The lowest BCUT2D eigenvalue weighted by Gasteiger charge is -2.29. The zero-order chi connectivity index (χ0) is 23.8. The molecule has 0 fully saturated rings. The SMILES string of the molecule is COC(OC)[Si]COc1ccc(O)cc1[P+](c1ccccc1)(c1ccccc1)c1ccccc1. The molecule has 34 heavy (non-hydrogen) atoms. The van der Waals surface area contributed by atoms with Gasteiger partial charge in [0, 0.05) is 20.3 Å². The van der Waals surface area contributed by atoms with E-state index in [2.05, 4.69) is 72.8 Å². The Morgan fingerprint density at radius 1 is 0.706 bits per heavy atom. The van der Waals surface area contributed by atoms with Crippen molar-refractivity contribution in [1.29, 1.82) is 0 Å². The Morgan fingerprint density at radius 3 is 1.62 bits per heavy atom. The second kappa shape index (κ2) is 11.5. The van der Waals surface area contributed by atoms with Gasteiger partial charge >= 0.3 is 0 Å². The number of phenolic OH excluding ortho intramolecular Hbond substituents is 1. The third-order valence-corrected chi connectivity index (χ3v) is 11.0. The molecular weight excluding hydrogens is 459 g/mol. The van der Waals surface area contributed by atoms with Crippen LogP contribution in [-0.4, -0.2) is 41.0 Å². The van der Waals surface area contributed by atoms with Gasteiger partial charge in [-0.25, -0.2) is 0 Å². The first kappa shape index (κ1) is 24.2. The van der Waals surface area contributed by atoms with Crippen molar-refractivity contribution in [3.05, 3.63) is 109 Å². The molecule has 0 atom stereocenters. The molecule has 4 nitrogen and oxygen atoms in total. The molecule has 4 aromatic carbocycles. The van der Waals surface area contributed by atoms with Gasteiger partial charge in [-0.2, -0.15) is 0 Å². The number of aromatic hydroxyl groups is 1. The summed E-state index contributed by atoms with van der Waals surface area (Å²) in [5, 5.41) is 15.2. The van der Waals surface area contributed by atoms with Crippen LogP contribution in [0.15, 0.2) is 109 Å². The minimum absolute atomic E-state index is 0.212. The zero-order valence-electron chi connectivity index (χ0n) is 19.3. The number of benzene rings is 4. The van der Waals surface area contributed by atoms with Gasteiger partial charge in [0.25, 0.3) is 0 Å². The molecule has 0 heterocycles. The average Bonchev–Trinajstić information content (AvgIpc) is 2.90. The van der Waals surface area contributed by atoms with E-state index in [4.69, 9.17) is 14.2 Å². The zero-order valence-corrected chi connectivity index (χ0v) is 21.2. The minimum Gasteiger partial charge on any atom is -0.508 e. The molecule has 0 saturated carbocycles. The van der Waals surface area contributed by atoms with Gasteiger partial charge in [-0.15, -0.1) is 0 Å². The first-order valence-corrected chi connectivity index (χ1v) is 14.1. The minimum atomic E-state index is -2.39. The van der Waals surface area contributed by atoms with Crippen molar-refractivity contribution in [2.75, 3.05) is 20.4 Å². The smallest absolute Gasteiger partial charge is 0.166 e. The fourth-order valence-corrected chi connectivity index (χ4v) is 9.25. The van der Waals surface area contributed by atoms with Crippen LogP contribution in [0.25, 0.3) is 0 Å². The molecule has 4 aromatic rings. The Balaban J connectivity index is 1.96. The number of ether oxygens (including phenoxy) is 3. The maximum Gasteiger partial charge on any atom is 0.166 e. The largest absolute Gasteiger partial charge is 0.508 e. The normalized spacial score (nSPS) is 11.5. The van der Waals surface area contributed by atoms with Crippen LogP contribution in [0.5, 0.6) is 11.5 Å². The van der Waals surface area contributed by atoms with Gasteiger partial charge in [-0.3, -0.25) is 0 Å². The van der Waals surface area contributed by atoms with Gasteiger partial charge in [0.2, 0.25) is 0 Å². The van der Waals surface area contributed by atoms with Crippen molar-refractivity contribution in [1.82, 2.24) is 0 Å². The van der Waals surface area contributed by atoms with Crippen LogP contribution in [0.2, 0.25) is 0 Å². The Labute approximate surface area is 204 Å². The van der Waals surface area contributed by atoms with Crippen molar-refractivity contribution in [3.63, 3.8) is 0 Å². The molecule has 0 unspecified atom stereocenters. The third kappa shape index (κ3) is 4.93. The van der Waals surface area contributed by atoms with Gasteiger partial charge in [0.05, 0.1) is 6.23 Å². The predicted octanol–water partition coefficient (Wildman–Crippen LogP) is 3.63. The molecule has 0 spiro atoms. The maximum atomic E-state index is 10.7. The molecule has 4 rings (SSSR count). The Bertz CT molecular complexity index is 1070. The number of hydrogen-bond donors (Lipinski definition) is 1. The Kier molecular flexibility index (Phi) is 8.15. The molecule has 0 amide bonds. The third-order valence-electron chi connectivity index (χ3n) is 5.64. The number of methoxy groups -OCH3 is 2. The molecule has 0 aromatic heterocycles. The van der Waals surface area contributed by atoms with E-state index < -0.39 is 7.26 Å². The molecule has 1 N–H and O–H groups in total. The van der Waals surface area contributed by atoms with Gasteiger partial charge < -0.3 is 19.3 Å². The average molecular weight is 488 g/mol. The highest BCUT2D eigenvalue weighted by atomic mass is 31.2. The van der Waals surface area contributed by atoms with Gasteiger partial charge in [0.15, 0.2) is 20.6 Å². The summed E-state index contributed by atoms with van der Waals surface area (Å²) >= 11 is 0. The van der Waals surface area contributed by atoms with Gasteiger partial charge in [-0.1, -0.05) is 54.6 Å². The van der Waals surface area contributed by atoms with Gasteiger partial charge in [0.1, 0.15) is 34.8 Å². The Morgan fingerprint density at radius 2 is 1.18 bits per heavy atom. The second-order valence-electron chi connectivity index (χ2n) is 7.63.